The van der Waals surface area contributed by atoms with E-state index in [0.717, 1.165) is 10.4 Å². The highest BCUT2D eigenvalue weighted by Gasteiger charge is 2.49. The Kier molecular flexibility index (Phi) is 4.34. The highest BCUT2D eigenvalue weighted by Crippen LogP contribution is 2.37. The molecule has 1 aromatic carbocycles. The molecule has 0 bridgehead atoms. The number of hydrogen-bond acceptors (Lipinski definition) is 3. The van der Waals surface area contributed by atoms with Crippen molar-refractivity contribution in [1.82, 2.24) is 4.31 Å². The fourth-order valence-corrected chi connectivity index (χ4v) is 4.41. The molecule has 1 saturated carbocycles. The van der Waals surface area contributed by atoms with Gasteiger partial charge in [0.1, 0.15) is 11.4 Å². The fraction of sp³-hybridized carbons (Fsp3) is 0.500. The van der Waals surface area contributed by atoms with Crippen molar-refractivity contribution in [2.45, 2.75) is 37.0 Å². The van der Waals surface area contributed by atoms with Gasteiger partial charge in [0, 0.05) is 7.05 Å². The van der Waals surface area contributed by atoms with Gasteiger partial charge in [-0.2, -0.15) is 4.31 Å². The van der Waals surface area contributed by atoms with Gasteiger partial charge in [-0.25, -0.2) is 12.8 Å². The molecule has 0 spiro atoms. The Balaban J connectivity index is 2.28. The van der Waals surface area contributed by atoms with Gasteiger partial charge in [0.25, 0.3) is 0 Å². The average Bonchev–Trinajstić information content (AvgIpc) is 2.87. The fourth-order valence-electron chi connectivity index (χ4n) is 2.82. The lowest BCUT2D eigenvalue weighted by molar-refractivity contribution is -0.147. The van der Waals surface area contributed by atoms with E-state index < -0.39 is 33.1 Å². The summed E-state index contributed by atoms with van der Waals surface area (Å²) in [6, 6.07) is 5.32. The van der Waals surface area contributed by atoms with E-state index in [4.69, 9.17) is 0 Å². The lowest BCUT2D eigenvalue weighted by atomic mass is 9.98. The molecular weight excluding hydrogens is 297 g/mol. The third kappa shape index (κ3) is 3.08. The summed E-state index contributed by atoms with van der Waals surface area (Å²) in [6.07, 6.45) is 1.99. The molecule has 1 aliphatic carbocycles. The van der Waals surface area contributed by atoms with Crippen molar-refractivity contribution in [3.05, 3.63) is 35.6 Å². The molecule has 0 aliphatic heterocycles. The molecular formula is C14H18FNO4S. The standard InChI is InChI=1S/C14H18FNO4S/c1-16(14(13(17)18)7-2-3-8-14)21(19,20)10-11-5-4-6-12(15)9-11/h4-6,9H,2-3,7-8,10H2,1H3,(H,17,18). The highest BCUT2D eigenvalue weighted by molar-refractivity contribution is 7.88. The molecule has 1 aliphatic rings. The predicted molar refractivity (Wildman–Crippen MR) is 75.6 cm³/mol. The SMILES string of the molecule is CN(C1(C(=O)O)CCCC1)S(=O)(=O)Cc1cccc(F)c1. The zero-order chi connectivity index (χ0) is 15.7. The van der Waals surface area contributed by atoms with E-state index in [2.05, 4.69) is 0 Å². The summed E-state index contributed by atoms with van der Waals surface area (Å²) in [7, 11) is -2.53. The van der Waals surface area contributed by atoms with Gasteiger partial charge in [-0.3, -0.25) is 4.79 Å². The molecule has 0 unspecified atom stereocenters. The van der Waals surface area contributed by atoms with E-state index in [1.807, 2.05) is 0 Å². The Morgan fingerprint density at radius 2 is 2.00 bits per heavy atom. The van der Waals surface area contributed by atoms with Crippen molar-refractivity contribution in [3.8, 4) is 0 Å². The molecule has 0 aromatic heterocycles. The lowest BCUT2D eigenvalue weighted by Crippen LogP contribution is -2.53. The maximum atomic E-state index is 13.1. The van der Waals surface area contributed by atoms with Crippen molar-refractivity contribution < 1.29 is 22.7 Å². The molecule has 7 heteroatoms. The zero-order valence-electron chi connectivity index (χ0n) is 11.8. The highest BCUT2D eigenvalue weighted by atomic mass is 32.2. The van der Waals surface area contributed by atoms with E-state index >= 15 is 0 Å². The van der Waals surface area contributed by atoms with Crippen LogP contribution in [0.2, 0.25) is 0 Å². The molecule has 116 valence electrons. The van der Waals surface area contributed by atoms with Crippen molar-refractivity contribution in [1.29, 1.82) is 0 Å². The van der Waals surface area contributed by atoms with Gasteiger partial charge in [-0.1, -0.05) is 25.0 Å². The summed E-state index contributed by atoms with van der Waals surface area (Å²) in [6.45, 7) is 0. The normalized spacial score (nSPS) is 18.0. The van der Waals surface area contributed by atoms with Crippen LogP contribution in [-0.4, -0.2) is 36.4 Å². The first-order chi connectivity index (χ1) is 9.78. The van der Waals surface area contributed by atoms with Gasteiger partial charge in [0.15, 0.2) is 0 Å². The second kappa shape index (κ2) is 5.73. The first kappa shape index (κ1) is 15.9. The van der Waals surface area contributed by atoms with Crippen molar-refractivity contribution in [3.63, 3.8) is 0 Å². The first-order valence-electron chi connectivity index (χ1n) is 6.72. The maximum Gasteiger partial charge on any atom is 0.325 e. The predicted octanol–water partition coefficient (Wildman–Crippen LogP) is 1.98. The Morgan fingerprint density at radius 3 is 2.52 bits per heavy atom. The summed E-state index contributed by atoms with van der Waals surface area (Å²) in [5.74, 6) is -2.04. The molecule has 0 amide bonds. The van der Waals surface area contributed by atoms with Crippen LogP contribution < -0.4 is 0 Å². The lowest BCUT2D eigenvalue weighted by Gasteiger charge is -2.33. The maximum absolute atomic E-state index is 13.1. The van der Waals surface area contributed by atoms with Gasteiger partial charge in [0.05, 0.1) is 5.75 Å². The molecule has 5 nitrogen and oxygen atoms in total. The van der Waals surface area contributed by atoms with E-state index in [1.54, 1.807) is 0 Å². The zero-order valence-corrected chi connectivity index (χ0v) is 12.6. The Bertz CT molecular complexity index is 638. The van der Waals surface area contributed by atoms with Crippen LogP contribution >= 0.6 is 0 Å². The second-order valence-electron chi connectivity index (χ2n) is 5.40. The monoisotopic (exact) mass is 315 g/mol. The van der Waals surface area contributed by atoms with E-state index in [1.165, 1.54) is 25.2 Å². The molecule has 2 rings (SSSR count). The third-order valence-corrected chi connectivity index (χ3v) is 5.97. The molecule has 21 heavy (non-hydrogen) atoms. The Morgan fingerprint density at radius 1 is 1.38 bits per heavy atom. The largest absolute Gasteiger partial charge is 0.480 e. The van der Waals surface area contributed by atoms with Gasteiger partial charge >= 0.3 is 5.97 Å². The number of carboxylic acids is 1. The number of aliphatic carboxylic acids is 1. The molecule has 0 radical (unpaired) electrons. The number of rotatable bonds is 5. The van der Waals surface area contributed by atoms with Crippen LogP contribution in [0, 0.1) is 5.82 Å². The third-order valence-electron chi connectivity index (χ3n) is 4.09. The molecule has 0 atom stereocenters. The van der Waals surface area contributed by atoms with Gasteiger partial charge in [-0.15, -0.1) is 0 Å². The summed E-state index contributed by atoms with van der Waals surface area (Å²) in [4.78, 5) is 11.6. The summed E-state index contributed by atoms with van der Waals surface area (Å²) in [5.41, 5.74) is -1.06. The second-order valence-corrected chi connectivity index (χ2v) is 7.40. The van der Waals surface area contributed by atoms with Crippen LogP contribution in [0.5, 0.6) is 0 Å². The van der Waals surface area contributed by atoms with Crippen molar-refractivity contribution in [2.75, 3.05) is 7.05 Å². The minimum Gasteiger partial charge on any atom is -0.480 e. The van der Waals surface area contributed by atoms with Gasteiger partial charge in [-0.05, 0) is 30.5 Å². The number of likely N-dealkylation sites (N-methyl/N-ethyl adjacent to an activating group) is 1. The molecule has 0 saturated heterocycles. The van der Waals surface area contributed by atoms with Crippen LogP contribution in [0.1, 0.15) is 31.2 Å². The topological polar surface area (TPSA) is 74.7 Å². The number of halogens is 1. The Labute approximate surface area is 123 Å². The van der Waals surface area contributed by atoms with E-state index in [0.29, 0.717) is 31.2 Å². The first-order valence-corrected chi connectivity index (χ1v) is 8.33. The van der Waals surface area contributed by atoms with Crippen LogP contribution in [0.25, 0.3) is 0 Å². The smallest absolute Gasteiger partial charge is 0.325 e. The quantitative estimate of drug-likeness (QED) is 0.901. The van der Waals surface area contributed by atoms with E-state index in [9.17, 15) is 22.7 Å². The number of benzene rings is 1. The number of nitrogens with zero attached hydrogens (tertiary/aromatic N) is 1. The van der Waals surface area contributed by atoms with Gasteiger partial charge < -0.3 is 5.11 Å². The molecule has 1 N–H and O–H groups in total. The van der Waals surface area contributed by atoms with Crippen LogP contribution in [-0.2, 0) is 20.6 Å². The van der Waals surface area contributed by atoms with Crippen LogP contribution in [0.15, 0.2) is 24.3 Å². The molecule has 1 aromatic rings. The number of sulfonamides is 1. The Hall–Kier alpha value is -1.47. The summed E-state index contributed by atoms with van der Waals surface area (Å²) in [5, 5.41) is 9.44. The summed E-state index contributed by atoms with van der Waals surface area (Å²) >= 11 is 0. The van der Waals surface area contributed by atoms with Crippen molar-refractivity contribution >= 4 is 16.0 Å². The average molecular weight is 315 g/mol. The number of hydrogen-bond donors (Lipinski definition) is 1. The van der Waals surface area contributed by atoms with Gasteiger partial charge in [0.2, 0.25) is 10.0 Å². The number of carboxylic acid groups (broad SMARTS) is 1. The van der Waals surface area contributed by atoms with Crippen molar-refractivity contribution in [2.24, 2.45) is 0 Å². The number of carbonyl (C=O) groups is 1. The van der Waals surface area contributed by atoms with Crippen LogP contribution in [0.4, 0.5) is 4.39 Å². The van der Waals surface area contributed by atoms with E-state index in [-0.39, 0.29) is 0 Å². The van der Waals surface area contributed by atoms with Crippen LogP contribution in [0.3, 0.4) is 0 Å². The summed E-state index contributed by atoms with van der Waals surface area (Å²) < 4.78 is 39.0. The minimum absolute atomic E-state index is 0.306. The molecule has 0 heterocycles. The molecule has 1 fully saturated rings. The minimum atomic E-state index is -3.83.